The maximum absolute atomic E-state index is 13.9. The van der Waals surface area contributed by atoms with Crippen LogP contribution in [0.2, 0.25) is 0 Å². The zero-order valence-electron chi connectivity index (χ0n) is 11.5. The van der Waals surface area contributed by atoms with Crippen molar-refractivity contribution in [1.29, 1.82) is 0 Å². The summed E-state index contributed by atoms with van der Waals surface area (Å²) in [5.74, 6) is -4.29. The van der Waals surface area contributed by atoms with Crippen LogP contribution in [0, 0.1) is 18.6 Å². The van der Waals surface area contributed by atoms with E-state index in [4.69, 9.17) is 9.84 Å². The van der Waals surface area contributed by atoms with Gasteiger partial charge in [0.2, 0.25) is 0 Å². The van der Waals surface area contributed by atoms with Crippen molar-refractivity contribution in [2.45, 2.75) is 33.3 Å². The molecule has 0 aliphatic rings. The summed E-state index contributed by atoms with van der Waals surface area (Å²) in [6.45, 7) is 6.10. The Morgan fingerprint density at radius 3 is 2.25 bits per heavy atom. The average Bonchev–Trinajstić information content (AvgIpc) is 2.22. The lowest BCUT2D eigenvalue weighted by molar-refractivity contribution is 0.0630. The first-order valence-electron chi connectivity index (χ1n) is 5.75. The zero-order chi connectivity index (χ0) is 15.7. The highest BCUT2D eigenvalue weighted by molar-refractivity contribution is 5.92. The van der Waals surface area contributed by atoms with Gasteiger partial charge in [0.05, 0.1) is 5.69 Å². The van der Waals surface area contributed by atoms with Gasteiger partial charge in [-0.2, -0.15) is 0 Å². The number of nitrogens with one attached hydrogen (secondary N) is 1. The lowest BCUT2D eigenvalue weighted by Gasteiger charge is -2.20. The van der Waals surface area contributed by atoms with E-state index >= 15 is 0 Å². The molecule has 5 nitrogen and oxygen atoms in total. The lowest BCUT2D eigenvalue weighted by atomic mass is 10.1. The molecular weight excluding hydrogens is 272 g/mol. The topological polar surface area (TPSA) is 75.6 Å². The minimum absolute atomic E-state index is 0.102. The number of ether oxygens (including phenoxy) is 1. The van der Waals surface area contributed by atoms with Gasteiger partial charge in [0.1, 0.15) is 17.0 Å². The van der Waals surface area contributed by atoms with Crippen molar-refractivity contribution < 1.29 is 28.2 Å². The number of rotatable bonds is 2. The van der Waals surface area contributed by atoms with Gasteiger partial charge in [-0.25, -0.2) is 18.4 Å². The van der Waals surface area contributed by atoms with E-state index in [-0.39, 0.29) is 5.56 Å². The molecule has 1 amide bonds. The monoisotopic (exact) mass is 287 g/mol. The van der Waals surface area contributed by atoms with E-state index in [1.54, 1.807) is 20.8 Å². The zero-order valence-corrected chi connectivity index (χ0v) is 11.5. The smallest absolute Gasteiger partial charge is 0.412 e. The van der Waals surface area contributed by atoms with E-state index < -0.39 is 40.5 Å². The summed E-state index contributed by atoms with van der Waals surface area (Å²) in [5, 5.41) is 10.9. The number of carbonyl (C=O) groups excluding carboxylic acids is 1. The molecule has 0 aliphatic heterocycles. The predicted octanol–water partition coefficient (Wildman–Crippen LogP) is 3.32. The Morgan fingerprint density at radius 2 is 1.80 bits per heavy atom. The van der Waals surface area contributed by atoms with Crippen LogP contribution in [0.1, 0.15) is 36.7 Å². The molecule has 0 aliphatic carbocycles. The number of carboxylic acids is 1. The van der Waals surface area contributed by atoms with Crippen molar-refractivity contribution in [1.82, 2.24) is 0 Å². The largest absolute Gasteiger partial charge is 0.477 e. The maximum atomic E-state index is 13.9. The van der Waals surface area contributed by atoms with Gasteiger partial charge in [-0.3, -0.25) is 5.32 Å². The molecule has 7 heteroatoms. The number of carboxylic acid groups (broad SMARTS) is 1. The lowest BCUT2D eigenvalue weighted by Crippen LogP contribution is -2.27. The Balaban J connectivity index is 3.15. The second-order valence-electron chi connectivity index (χ2n) is 5.18. The first kappa shape index (κ1) is 15.9. The van der Waals surface area contributed by atoms with Gasteiger partial charge >= 0.3 is 12.1 Å². The molecule has 0 unspecified atom stereocenters. The molecule has 0 saturated heterocycles. The van der Waals surface area contributed by atoms with Gasteiger partial charge in [-0.1, -0.05) is 0 Å². The van der Waals surface area contributed by atoms with Gasteiger partial charge < -0.3 is 9.84 Å². The van der Waals surface area contributed by atoms with Crippen molar-refractivity contribution in [3.05, 3.63) is 28.8 Å². The number of carbonyl (C=O) groups is 2. The molecule has 0 fully saturated rings. The molecule has 1 aromatic carbocycles. The van der Waals surface area contributed by atoms with Crippen molar-refractivity contribution in [2.75, 3.05) is 5.32 Å². The van der Waals surface area contributed by atoms with Crippen molar-refractivity contribution >= 4 is 17.7 Å². The third-order valence-electron chi connectivity index (χ3n) is 2.23. The Kier molecular flexibility index (Phi) is 4.32. The van der Waals surface area contributed by atoms with Crippen LogP contribution in [0.4, 0.5) is 19.3 Å². The van der Waals surface area contributed by atoms with E-state index in [0.29, 0.717) is 0 Å². The molecule has 2 N–H and O–H groups in total. The summed E-state index contributed by atoms with van der Waals surface area (Å²) in [6, 6.07) is 1.00. The van der Waals surface area contributed by atoms with Crippen LogP contribution in [0.5, 0.6) is 0 Å². The molecule has 1 aromatic rings. The van der Waals surface area contributed by atoms with Crippen LogP contribution in [0.15, 0.2) is 6.07 Å². The van der Waals surface area contributed by atoms with E-state index in [1.807, 2.05) is 0 Å². The van der Waals surface area contributed by atoms with Crippen molar-refractivity contribution in [2.24, 2.45) is 0 Å². The summed E-state index contributed by atoms with van der Waals surface area (Å²) in [7, 11) is 0. The molecule has 0 aromatic heterocycles. The van der Waals surface area contributed by atoms with Crippen molar-refractivity contribution in [3.63, 3.8) is 0 Å². The molecule has 0 atom stereocenters. The van der Waals surface area contributed by atoms with Gasteiger partial charge in [0.15, 0.2) is 5.82 Å². The van der Waals surface area contributed by atoms with Crippen LogP contribution < -0.4 is 5.32 Å². The molecule has 0 spiro atoms. The van der Waals surface area contributed by atoms with Crippen LogP contribution in [0.25, 0.3) is 0 Å². The fourth-order valence-corrected chi connectivity index (χ4v) is 1.46. The number of benzene rings is 1. The summed E-state index contributed by atoms with van der Waals surface area (Å²) >= 11 is 0. The Morgan fingerprint density at radius 1 is 1.25 bits per heavy atom. The number of amides is 1. The summed E-state index contributed by atoms with van der Waals surface area (Å²) in [5.41, 5.74) is -2.47. The first-order chi connectivity index (χ1) is 9.03. The minimum Gasteiger partial charge on any atom is -0.477 e. The van der Waals surface area contributed by atoms with Gasteiger partial charge in [-0.05, 0) is 39.3 Å². The SMILES string of the molecule is Cc1cc(NC(=O)OC(C)(C)C)c(F)c(C(=O)O)c1F. The van der Waals surface area contributed by atoms with E-state index in [0.717, 1.165) is 6.07 Å². The van der Waals surface area contributed by atoms with Crippen LogP contribution in [-0.4, -0.2) is 22.8 Å². The van der Waals surface area contributed by atoms with Crippen LogP contribution in [0.3, 0.4) is 0 Å². The van der Waals surface area contributed by atoms with Gasteiger partial charge in [0.25, 0.3) is 0 Å². The van der Waals surface area contributed by atoms with Crippen molar-refractivity contribution in [3.8, 4) is 0 Å². The fourth-order valence-electron chi connectivity index (χ4n) is 1.46. The summed E-state index contributed by atoms with van der Waals surface area (Å²) < 4.78 is 32.3. The fraction of sp³-hybridized carbons (Fsp3) is 0.385. The Labute approximate surface area is 114 Å². The Bertz CT molecular complexity index is 564. The highest BCUT2D eigenvalue weighted by atomic mass is 19.1. The van der Waals surface area contributed by atoms with E-state index in [1.165, 1.54) is 6.92 Å². The third kappa shape index (κ3) is 3.66. The summed E-state index contributed by atoms with van der Waals surface area (Å²) in [4.78, 5) is 22.4. The first-order valence-corrected chi connectivity index (χ1v) is 5.75. The van der Waals surface area contributed by atoms with E-state index in [9.17, 15) is 18.4 Å². The second-order valence-corrected chi connectivity index (χ2v) is 5.18. The quantitative estimate of drug-likeness (QED) is 0.875. The number of hydrogen-bond acceptors (Lipinski definition) is 3. The number of aromatic carboxylic acids is 1. The molecule has 110 valence electrons. The van der Waals surface area contributed by atoms with Gasteiger partial charge in [-0.15, -0.1) is 0 Å². The number of halogens is 2. The second kappa shape index (κ2) is 5.44. The molecule has 0 bridgehead atoms. The third-order valence-corrected chi connectivity index (χ3v) is 2.23. The maximum Gasteiger partial charge on any atom is 0.412 e. The average molecular weight is 287 g/mol. The predicted molar refractivity (Wildman–Crippen MR) is 67.9 cm³/mol. The molecule has 1 rings (SSSR count). The molecule has 0 saturated carbocycles. The molecule has 0 heterocycles. The molecule has 20 heavy (non-hydrogen) atoms. The van der Waals surface area contributed by atoms with Gasteiger partial charge in [0, 0.05) is 0 Å². The molecule has 0 radical (unpaired) electrons. The number of hydrogen-bond donors (Lipinski definition) is 2. The highest BCUT2D eigenvalue weighted by Crippen LogP contribution is 2.25. The minimum atomic E-state index is -1.75. The number of aryl methyl sites for hydroxylation is 1. The standard InChI is InChI=1S/C13H15F2NO4/c1-6-5-7(16-12(19)20-13(2,3)4)10(15)8(9(6)14)11(17)18/h5H,1-4H3,(H,16,19)(H,17,18). The number of anilines is 1. The van der Waals surface area contributed by atoms with Crippen LogP contribution >= 0.6 is 0 Å². The normalized spacial score (nSPS) is 11.1. The summed E-state index contributed by atoms with van der Waals surface area (Å²) in [6.07, 6.45) is -0.959. The highest BCUT2D eigenvalue weighted by Gasteiger charge is 2.24. The van der Waals surface area contributed by atoms with Crippen LogP contribution in [-0.2, 0) is 4.74 Å². The Hall–Kier alpha value is -2.18. The molecular formula is C13H15F2NO4. The van der Waals surface area contributed by atoms with E-state index in [2.05, 4.69) is 5.32 Å².